The molecule has 0 amide bonds. The smallest absolute Gasteiger partial charge is 0.106 e. The van der Waals surface area contributed by atoms with Crippen molar-refractivity contribution >= 4 is 21.8 Å². The van der Waals surface area contributed by atoms with Gasteiger partial charge in [-0.05, 0) is 0 Å². The van der Waals surface area contributed by atoms with E-state index < -0.39 is 0 Å². The van der Waals surface area contributed by atoms with Crippen LogP contribution in [0.1, 0.15) is 0 Å². The summed E-state index contributed by atoms with van der Waals surface area (Å²) in [4.78, 5) is 1.76. The molecule has 0 aliphatic heterocycles. The molecular formula is C4H9BrN2. The first kappa shape index (κ1) is 6.95. The van der Waals surface area contributed by atoms with Gasteiger partial charge in [0.1, 0.15) is 5.84 Å². The molecule has 0 aromatic carbocycles. The zero-order chi connectivity index (χ0) is 5.86. The molecule has 1 N–H and O–H groups in total. The first-order valence-corrected chi connectivity index (χ1v) is 3.11. The van der Waals surface area contributed by atoms with Crippen LogP contribution in [0.15, 0.2) is 0 Å². The summed E-state index contributed by atoms with van der Waals surface area (Å²) in [6.07, 6.45) is 0. The van der Waals surface area contributed by atoms with Gasteiger partial charge in [0, 0.05) is 14.1 Å². The second kappa shape index (κ2) is 3.02. The summed E-state index contributed by atoms with van der Waals surface area (Å²) in [5.74, 6) is 0.597. The van der Waals surface area contributed by atoms with E-state index in [9.17, 15) is 0 Å². The molecule has 0 aromatic heterocycles. The quantitative estimate of drug-likeness (QED) is 0.349. The number of amidine groups is 1. The van der Waals surface area contributed by atoms with Crippen molar-refractivity contribution in [3.05, 3.63) is 0 Å². The fourth-order valence-corrected chi connectivity index (χ4v) is 0.621. The summed E-state index contributed by atoms with van der Waals surface area (Å²) in [5.41, 5.74) is 0. The highest BCUT2D eigenvalue weighted by molar-refractivity contribution is 9.09. The number of hydrogen-bond acceptors (Lipinski definition) is 1. The van der Waals surface area contributed by atoms with Crippen LogP contribution in [-0.4, -0.2) is 30.2 Å². The van der Waals surface area contributed by atoms with E-state index in [0.717, 1.165) is 0 Å². The number of nitrogens with zero attached hydrogens (tertiary/aromatic N) is 1. The van der Waals surface area contributed by atoms with Crippen molar-refractivity contribution in [1.29, 1.82) is 5.41 Å². The van der Waals surface area contributed by atoms with Crippen LogP contribution >= 0.6 is 15.9 Å². The average molecular weight is 165 g/mol. The molecule has 0 atom stereocenters. The Morgan fingerprint density at radius 2 is 2.14 bits per heavy atom. The van der Waals surface area contributed by atoms with Crippen molar-refractivity contribution in [2.45, 2.75) is 0 Å². The van der Waals surface area contributed by atoms with Crippen molar-refractivity contribution in [2.75, 3.05) is 19.4 Å². The van der Waals surface area contributed by atoms with E-state index in [-0.39, 0.29) is 0 Å². The second-order valence-electron chi connectivity index (χ2n) is 1.47. The van der Waals surface area contributed by atoms with Crippen LogP contribution in [0.25, 0.3) is 0 Å². The Morgan fingerprint density at radius 1 is 1.71 bits per heavy atom. The van der Waals surface area contributed by atoms with Crippen molar-refractivity contribution in [3.8, 4) is 0 Å². The van der Waals surface area contributed by atoms with Gasteiger partial charge < -0.3 is 4.90 Å². The Balaban J connectivity index is 3.35. The lowest BCUT2D eigenvalue weighted by Crippen LogP contribution is -2.21. The van der Waals surface area contributed by atoms with E-state index in [0.29, 0.717) is 11.2 Å². The van der Waals surface area contributed by atoms with Crippen molar-refractivity contribution in [2.24, 2.45) is 0 Å². The van der Waals surface area contributed by atoms with Crippen molar-refractivity contribution in [1.82, 2.24) is 4.90 Å². The maximum atomic E-state index is 7.07. The highest BCUT2D eigenvalue weighted by Gasteiger charge is 1.91. The molecule has 0 spiro atoms. The van der Waals surface area contributed by atoms with Crippen LogP contribution in [-0.2, 0) is 0 Å². The Labute approximate surface area is 52.1 Å². The second-order valence-corrected chi connectivity index (χ2v) is 2.04. The van der Waals surface area contributed by atoms with Gasteiger partial charge in [-0.15, -0.1) is 0 Å². The summed E-state index contributed by atoms with van der Waals surface area (Å²) >= 11 is 3.15. The van der Waals surface area contributed by atoms with Gasteiger partial charge in [-0.1, -0.05) is 15.9 Å². The molecule has 3 heteroatoms. The molecule has 42 valence electrons. The van der Waals surface area contributed by atoms with Crippen molar-refractivity contribution in [3.63, 3.8) is 0 Å². The van der Waals surface area contributed by atoms with Crippen LogP contribution in [0.2, 0.25) is 0 Å². The number of rotatable bonds is 1. The van der Waals surface area contributed by atoms with Crippen LogP contribution in [0.5, 0.6) is 0 Å². The summed E-state index contributed by atoms with van der Waals surface area (Å²) < 4.78 is 0. The Hall–Kier alpha value is -0.0500. The lowest BCUT2D eigenvalue weighted by molar-refractivity contribution is 0.615. The number of halogens is 1. The molecule has 7 heavy (non-hydrogen) atoms. The van der Waals surface area contributed by atoms with Crippen LogP contribution in [0.4, 0.5) is 0 Å². The number of hydrogen-bond donors (Lipinski definition) is 1. The maximum absolute atomic E-state index is 7.07. The van der Waals surface area contributed by atoms with Crippen LogP contribution in [0, 0.1) is 5.41 Å². The minimum absolute atomic E-state index is 0.597. The lowest BCUT2D eigenvalue weighted by atomic mass is 10.6. The van der Waals surface area contributed by atoms with Crippen molar-refractivity contribution < 1.29 is 0 Å². The van der Waals surface area contributed by atoms with Gasteiger partial charge in [0.2, 0.25) is 0 Å². The summed E-state index contributed by atoms with van der Waals surface area (Å²) in [5, 5.41) is 7.71. The largest absolute Gasteiger partial charge is 0.366 e. The normalized spacial score (nSPS) is 8.43. The predicted molar refractivity (Wildman–Crippen MR) is 35.2 cm³/mol. The van der Waals surface area contributed by atoms with E-state index in [1.54, 1.807) is 4.90 Å². The van der Waals surface area contributed by atoms with E-state index in [1.165, 1.54) is 0 Å². The maximum Gasteiger partial charge on any atom is 0.106 e. The first-order valence-electron chi connectivity index (χ1n) is 1.99. The number of alkyl halides is 1. The van der Waals surface area contributed by atoms with Gasteiger partial charge in [-0.25, -0.2) is 0 Å². The van der Waals surface area contributed by atoms with Gasteiger partial charge >= 0.3 is 0 Å². The molecule has 0 aliphatic carbocycles. The highest BCUT2D eigenvalue weighted by Crippen LogP contribution is 1.84. The summed E-state index contributed by atoms with van der Waals surface area (Å²) in [7, 11) is 3.70. The molecule has 2 nitrogen and oxygen atoms in total. The molecule has 0 unspecified atom stereocenters. The van der Waals surface area contributed by atoms with Gasteiger partial charge in [0.25, 0.3) is 0 Å². The third kappa shape index (κ3) is 2.62. The van der Waals surface area contributed by atoms with E-state index >= 15 is 0 Å². The van der Waals surface area contributed by atoms with Crippen LogP contribution in [0.3, 0.4) is 0 Å². The van der Waals surface area contributed by atoms with Gasteiger partial charge in [-0.3, -0.25) is 5.41 Å². The highest BCUT2D eigenvalue weighted by atomic mass is 79.9. The molecule has 0 bridgehead atoms. The van der Waals surface area contributed by atoms with Gasteiger partial charge in [-0.2, -0.15) is 0 Å². The molecule has 0 rings (SSSR count). The third-order valence-corrected chi connectivity index (χ3v) is 1.20. The third-order valence-electron chi connectivity index (χ3n) is 0.666. The molecular weight excluding hydrogens is 156 g/mol. The van der Waals surface area contributed by atoms with E-state index in [2.05, 4.69) is 15.9 Å². The van der Waals surface area contributed by atoms with Gasteiger partial charge in [0.05, 0.1) is 5.33 Å². The Kier molecular flexibility index (Phi) is 3.00. The fraction of sp³-hybridized carbons (Fsp3) is 0.750. The van der Waals surface area contributed by atoms with Crippen LogP contribution < -0.4 is 0 Å². The first-order chi connectivity index (χ1) is 3.18. The SMILES string of the molecule is CN(C)C(=N)CBr. The molecule has 0 aliphatic rings. The molecule has 0 saturated carbocycles. The topological polar surface area (TPSA) is 27.1 Å². The Bertz CT molecular complexity index is 70.1. The molecule has 0 radical (unpaired) electrons. The summed E-state index contributed by atoms with van der Waals surface area (Å²) in [6.45, 7) is 0. The molecule has 0 heterocycles. The lowest BCUT2D eigenvalue weighted by Gasteiger charge is -2.09. The summed E-state index contributed by atoms with van der Waals surface area (Å²) in [6, 6.07) is 0. The Morgan fingerprint density at radius 3 is 2.14 bits per heavy atom. The molecule has 0 saturated heterocycles. The molecule has 0 fully saturated rings. The molecule has 0 aromatic rings. The predicted octanol–water partition coefficient (Wildman–Crippen LogP) is 0.920. The van der Waals surface area contributed by atoms with E-state index in [4.69, 9.17) is 5.41 Å². The monoisotopic (exact) mass is 164 g/mol. The fourth-order valence-electron chi connectivity index (χ4n) is 0.120. The standard InChI is InChI=1S/C4H9BrN2/c1-7(2)4(6)3-5/h6H,3H2,1-2H3. The zero-order valence-corrected chi connectivity index (χ0v) is 6.12. The van der Waals surface area contributed by atoms with Gasteiger partial charge in [0.15, 0.2) is 0 Å². The van der Waals surface area contributed by atoms with E-state index in [1.807, 2.05) is 14.1 Å². The number of nitrogens with one attached hydrogen (secondary N) is 1. The minimum atomic E-state index is 0.597. The zero-order valence-electron chi connectivity index (χ0n) is 4.53. The minimum Gasteiger partial charge on any atom is -0.366 e. The average Bonchev–Trinajstić information content (AvgIpc) is 1.65.